The molecule has 0 aromatic rings. The van der Waals surface area contributed by atoms with Gasteiger partial charge in [-0.3, -0.25) is 0 Å². The molecule has 0 saturated heterocycles. The number of rotatable bonds is 0. The van der Waals surface area contributed by atoms with Gasteiger partial charge in [-0.25, -0.2) is 8.80 Å². The van der Waals surface area contributed by atoms with Crippen LogP contribution in [0, 0.1) is 5.41 Å². The van der Waals surface area contributed by atoms with Crippen LogP contribution in [0.1, 0.15) is 27.7 Å². The molecule has 0 aromatic heterocycles. The molecule has 11 heavy (non-hydrogen) atoms. The Labute approximate surface area is 70.6 Å². The van der Waals surface area contributed by atoms with E-state index in [2.05, 4.69) is 35.4 Å². The van der Waals surface area contributed by atoms with E-state index >= 15 is 0 Å². The van der Waals surface area contributed by atoms with Gasteiger partial charge < -0.3 is 0 Å². The molecule has 62 valence electrons. The van der Waals surface area contributed by atoms with Gasteiger partial charge in [0.25, 0.3) is 0 Å². The Bertz CT molecular complexity index is 256. The fourth-order valence-corrected chi connectivity index (χ4v) is 2.13. The largest absolute Gasteiger partial charge is 0.205 e. The lowest BCUT2D eigenvalue weighted by Gasteiger charge is -2.17. The monoisotopic (exact) mass is 170 g/mol. The highest BCUT2D eigenvalue weighted by atomic mass is 32.2. The van der Waals surface area contributed by atoms with Crippen LogP contribution < -0.4 is 0 Å². The maximum absolute atomic E-state index is 4.37. The van der Waals surface area contributed by atoms with Crippen LogP contribution in [0.3, 0.4) is 0 Å². The van der Waals surface area contributed by atoms with Crippen molar-refractivity contribution in [1.82, 2.24) is 0 Å². The van der Waals surface area contributed by atoms with Crippen LogP contribution in [0.4, 0.5) is 0 Å². The molecule has 2 nitrogen and oxygen atoms in total. The van der Waals surface area contributed by atoms with E-state index in [-0.39, 0.29) is 16.3 Å². The molecule has 1 unspecified atom stereocenters. The van der Waals surface area contributed by atoms with Crippen LogP contribution >= 0.6 is 10.9 Å². The van der Waals surface area contributed by atoms with Crippen LogP contribution in [-0.2, 0) is 0 Å². The molecule has 0 aromatic carbocycles. The van der Waals surface area contributed by atoms with E-state index in [1.807, 2.05) is 6.92 Å². The molecule has 1 heterocycles. The molecule has 0 amide bonds. The highest BCUT2D eigenvalue weighted by Gasteiger charge is 2.24. The molecule has 1 rings (SSSR count). The topological polar surface area (TPSA) is 24.7 Å². The zero-order valence-electron chi connectivity index (χ0n) is 7.51. The van der Waals surface area contributed by atoms with Crippen molar-refractivity contribution >= 4 is 28.1 Å². The minimum Gasteiger partial charge on any atom is -0.205 e. The maximum atomic E-state index is 4.37. The van der Waals surface area contributed by atoms with Gasteiger partial charge in [0.15, 0.2) is 0 Å². The van der Waals surface area contributed by atoms with Crippen molar-refractivity contribution in [2.24, 2.45) is 14.2 Å². The number of hydrogen-bond donors (Lipinski definition) is 0. The van der Waals surface area contributed by atoms with E-state index in [1.165, 1.54) is 0 Å². The van der Waals surface area contributed by atoms with Crippen LogP contribution in [0.2, 0.25) is 0 Å². The Hall–Kier alpha value is -0.440. The van der Waals surface area contributed by atoms with E-state index in [1.54, 1.807) is 0 Å². The third kappa shape index (κ3) is 1.77. The van der Waals surface area contributed by atoms with Crippen molar-refractivity contribution in [3.8, 4) is 0 Å². The first-order valence-corrected chi connectivity index (χ1v) is 4.91. The number of hydrogen-bond acceptors (Lipinski definition) is 2. The summed E-state index contributed by atoms with van der Waals surface area (Å²) >= 11 is 0. The molecule has 1 aliphatic rings. The Kier molecular flexibility index (Phi) is 2.01. The van der Waals surface area contributed by atoms with E-state index in [4.69, 9.17) is 0 Å². The van der Waals surface area contributed by atoms with Crippen molar-refractivity contribution < 1.29 is 0 Å². The summed E-state index contributed by atoms with van der Waals surface area (Å²) in [7, 11) is -0.354. The summed E-state index contributed by atoms with van der Waals surface area (Å²) in [5.74, 6) is 3.80. The molecule has 0 fully saturated rings. The average Bonchev–Trinajstić information content (AvgIpc) is 2.08. The van der Waals surface area contributed by atoms with Gasteiger partial charge in [0.2, 0.25) is 0 Å². The van der Waals surface area contributed by atoms with Crippen LogP contribution in [0.15, 0.2) is 8.80 Å². The molecule has 0 N–H and O–H groups in total. The Balaban J connectivity index is 3.02. The van der Waals surface area contributed by atoms with Crippen molar-refractivity contribution in [3.05, 3.63) is 0 Å². The normalized spacial score (nSPS) is 24.9. The molecule has 1 atom stereocenters. The molecule has 1 aliphatic heterocycles. The van der Waals surface area contributed by atoms with E-state index in [9.17, 15) is 0 Å². The summed E-state index contributed by atoms with van der Waals surface area (Å²) in [6.45, 7) is 8.44. The van der Waals surface area contributed by atoms with Gasteiger partial charge in [0.1, 0.15) is 0 Å². The third-order valence-electron chi connectivity index (χ3n) is 1.49. The molecule has 3 heteroatoms. The lowest BCUT2D eigenvalue weighted by molar-refractivity contribution is 0.599. The zero-order chi connectivity index (χ0) is 8.65. The lowest BCUT2D eigenvalue weighted by atomic mass is 9.88. The average molecular weight is 170 g/mol. The van der Waals surface area contributed by atoms with Crippen LogP contribution in [0.25, 0.3) is 0 Å². The summed E-state index contributed by atoms with van der Waals surface area (Å²) in [4.78, 5) is 0. The third-order valence-corrected chi connectivity index (χ3v) is 2.37. The molecule has 0 saturated carbocycles. The van der Waals surface area contributed by atoms with Crippen molar-refractivity contribution in [2.75, 3.05) is 0 Å². The first kappa shape index (κ1) is 8.65. The quantitative estimate of drug-likeness (QED) is 0.499. The fourth-order valence-electron chi connectivity index (χ4n) is 1.07. The minimum atomic E-state index is -0.354. The smallest absolute Gasteiger partial charge is 0.0773 e. The molecule has 0 spiro atoms. The molecule has 0 radical (unpaired) electrons. The minimum absolute atomic E-state index is 0.118. The first-order chi connectivity index (χ1) is 4.91. The van der Waals surface area contributed by atoms with Gasteiger partial charge in [0.05, 0.1) is 11.4 Å². The fraction of sp³-hybridized carbons (Fsp3) is 0.625. The molecule has 0 bridgehead atoms. The second-order valence-corrected chi connectivity index (χ2v) is 4.75. The van der Waals surface area contributed by atoms with Crippen molar-refractivity contribution in [2.45, 2.75) is 27.7 Å². The summed E-state index contributed by atoms with van der Waals surface area (Å²) < 4.78 is 8.64. The standard InChI is InChI=1S/C8H14N2S/c1-6-7(8(2,3)4)10-11(5)9-6/h5H2,1-4H3. The van der Waals surface area contributed by atoms with Gasteiger partial charge >= 0.3 is 0 Å². The Morgan fingerprint density at radius 1 is 1.27 bits per heavy atom. The second-order valence-electron chi connectivity index (χ2n) is 3.71. The Morgan fingerprint density at radius 2 is 1.82 bits per heavy atom. The Morgan fingerprint density at radius 3 is 2.00 bits per heavy atom. The predicted octanol–water partition coefficient (Wildman–Crippen LogP) is 2.48. The number of nitrogens with zero attached hydrogens (tertiary/aromatic N) is 2. The van der Waals surface area contributed by atoms with Gasteiger partial charge in [-0.15, -0.1) is 0 Å². The van der Waals surface area contributed by atoms with E-state index < -0.39 is 0 Å². The van der Waals surface area contributed by atoms with Crippen LogP contribution in [0.5, 0.6) is 0 Å². The van der Waals surface area contributed by atoms with Gasteiger partial charge in [-0.1, -0.05) is 20.8 Å². The highest BCUT2D eigenvalue weighted by Crippen LogP contribution is 2.29. The lowest BCUT2D eigenvalue weighted by Crippen LogP contribution is -2.24. The second kappa shape index (κ2) is 2.55. The predicted molar refractivity (Wildman–Crippen MR) is 54.7 cm³/mol. The maximum Gasteiger partial charge on any atom is 0.0773 e. The van der Waals surface area contributed by atoms with Crippen molar-refractivity contribution in [1.29, 1.82) is 0 Å². The summed E-state index contributed by atoms with van der Waals surface area (Å²) in [6.07, 6.45) is 0. The summed E-state index contributed by atoms with van der Waals surface area (Å²) in [6, 6.07) is 0. The summed E-state index contributed by atoms with van der Waals surface area (Å²) in [5.41, 5.74) is 2.28. The molecular formula is C8H14N2S. The van der Waals surface area contributed by atoms with E-state index in [0.29, 0.717) is 0 Å². The molecular weight excluding hydrogens is 156 g/mol. The van der Waals surface area contributed by atoms with Crippen molar-refractivity contribution in [3.63, 3.8) is 0 Å². The highest BCUT2D eigenvalue weighted by molar-refractivity contribution is 8.12. The van der Waals surface area contributed by atoms with E-state index in [0.717, 1.165) is 11.4 Å². The molecule has 0 aliphatic carbocycles. The van der Waals surface area contributed by atoms with Gasteiger partial charge in [-0.2, -0.15) is 0 Å². The SMILES string of the molecule is C=S1N=C(C)C(C(C)(C)C)=N1. The van der Waals surface area contributed by atoms with Gasteiger partial charge in [0, 0.05) is 16.3 Å². The summed E-state index contributed by atoms with van der Waals surface area (Å²) in [5, 5.41) is 0. The zero-order valence-corrected chi connectivity index (χ0v) is 8.33. The van der Waals surface area contributed by atoms with Gasteiger partial charge in [-0.05, 0) is 12.8 Å². The van der Waals surface area contributed by atoms with Crippen LogP contribution in [-0.4, -0.2) is 17.3 Å². The first-order valence-electron chi connectivity index (χ1n) is 3.60.